The minimum absolute atomic E-state index is 0.146. The van der Waals surface area contributed by atoms with E-state index in [0.29, 0.717) is 19.0 Å². The fourth-order valence-corrected chi connectivity index (χ4v) is 1.08. The second kappa shape index (κ2) is 2.52. The molecule has 0 saturated carbocycles. The highest BCUT2D eigenvalue weighted by molar-refractivity contribution is 5.30. The number of rotatable bonds is 1. The highest BCUT2D eigenvalue weighted by Gasteiger charge is 2.16. The number of aromatic nitrogens is 2. The molecule has 0 amide bonds. The van der Waals surface area contributed by atoms with Gasteiger partial charge in [0.15, 0.2) is 0 Å². The number of nitrogens with one attached hydrogen (secondary N) is 1. The van der Waals surface area contributed by atoms with Gasteiger partial charge in [-0.25, -0.2) is 0 Å². The van der Waals surface area contributed by atoms with Crippen LogP contribution in [0.15, 0.2) is 12.4 Å². The predicted molar refractivity (Wildman–Crippen MR) is 39.6 cm³/mol. The van der Waals surface area contributed by atoms with E-state index >= 15 is 0 Å². The Morgan fingerprint density at radius 2 is 2.73 bits per heavy atom. The van der Waals surface area contributed by atoms with Crippen LogP contribution in [0.1, 0.15) is 6.17 Å². The molecule has 1 atom stereocenters. The molecular formula is C6H10N4O. The Morgan fingerprint density at radius 1 is 1.82 bits per heavy atom. The largest absolute Gasteiger partial charge is 0.396 e. The summed E-state index contributed by atoms with van der Waals surface area (Å²) in [5, 5.41) is 7.16. The minimum Gasteiger partial charge on any atom is -0.396 e. The first kappa shape index (κ1) is 6.63. The minimum atomic E-state index is 0.146. The number of hydrogen-bond acceptors (Lipinski definition) is 4. The number of ether oxygens (including phenoxy) is 1. The molecule has 2 rings (SSSR count). The third-order valence-electron chi connectivity index (χ3n) is 1.64. The highest BCUT2D eigenvalue weighted by atomic mass is 16.5. The molecule has 1 fully saturated rings. The van der Waals surface area contributed by atoms with Gasteiger partial charge in [0.25, 0.3) is 0 Å². The zero-order valence-electron chi connectivity index (χ0n) is 6.03. The van der Waals surface area contributed by atoms with Crippen molar-refractivity contribution in [1.29, 1.82) is 0 Å². The molecule has 0 bridgehead atoms. The van der Waals surface area contributed by atoms with Crippen LogP contribution in [-0.2, 0) is 4.74 Å². The molecule has 1 aromatic heterocycles. The molecule has 0 aromatic carbocycles. The summed E-state index contributed by atoms with van der Waals surface area (Å²) in [5.74, 6) is 0. The fraction of sp³-hybridized carbons (Fsp3) is 0.500. The van der Waals surface area contributed by atoms with Crippen molar-refractivity contribution in [2.24, 2.45) is 0 Å². The average Bonchev–Trinajstić information content (AvgIpc) is 2.55. The third-order valence-corrected chi connectivity index (χ3v) is 1.64. The van der Waals surface area contributed by atoms with E-state index < -0.39 is 0 Å². The molecule has 60 valence electrons. The number of anilines is 1. The summed E-state index contributed by atoms with van der Waals surface area (Å²) >= 11 is 0. The van der Waals surface area contributed by atoms with Gasteiger partial charge in [-0.3, -0.25) is 10.00 Å². The van der Waals surface area contributed by atoms with E-state index in [1.807, 2.05) is 0 Å². The zero-order valence-corrected chi connectivity index (χ0v) is 6.03. The summed E-state index contributed by atoms with van der Waals surface area (Å²) in [6.07, 6.45) is 3.55. The molecule has 1 aliphatic rings. The van der Waals surface area contributed by atoms with Crippen molar-refractivity contribution >= 4 is 5.69 Å². The van der Waals surface area contributed by atoms with Gasteiger partial charge in [0.1, 0.15) is 6.17 Å². The summed E-state index contributed by atoms with van der Waals surface area (Å²) in [7, 11) is 0. The highest BCUT2D eigenvalue weighted by Crippen LogP contribution is 2.09. The van der Waals surface area contributed by atoms with E-state index in [1.165, 1.54) is 0 Å². The van der Waals surface area contributed by atoms with Gasteiger partial charge in [0, 0.05) is 6.20 Å². The monoisotopic (exact) mass is 154 g/mol. The summed E-state index contributed by atoms with van der Waals surface area (Å²) in [5.41, 5.74) is 6.17. The zero-order chi connectivity index (χ0) is 7.68. The SMILES string of the molecule is Nc1cnn(C2COCN2)c1. The van der Waals surface area contributed by atoms with E-state index in [0.717, 1.165) is 0 Å². The summed E-state index contributed by atoms with van der Waals surface area (Å²) in [4.78, 5) is 0. The van der Waals surface area contributed by atoms with E-state index in [-0.39, 0.29) is 6.17 Å². The molecule has 0 spiro atoms. The Morgan fingerprint density at radius 3 is 3.27 bits per heavy atom. The number of nitrogens with two attached hydrogens (primary N) is 1. The van der Waals surface area contributed by atoms with Gasteiger partial charge in [-0.1, -0.05) is 0 Å². The van der Waals surface area contributed by atoms with Crippen LogP contribution in [0.2, 0.25) is 0 Å². The predicted octanol–water partition coefficient (Wildman–Crippen LogP) is -0.459. The number of nitrogen functional groups attached to an aromatic ring is 1. The van der Waals surface area contributed by atoms with Crippen LogP contribution in [0.25, 0.3) is 0 Å². The van der Waals surface area contributed by atoms with Gasteiger partial charge in [-0.15, -0.1) is 0 Å². The summed E-state index contributed by atoms with van der Waals surface area (Å²) in [6, 6.07) is 0. The van der Waals surface area contributed by atoms with Crippen LogP contribution in [0, 0.1) is 0 Å². The lowest BCUT2D eigenvalue weighted by atomic mass is 10.5. The lowest BCUT2D eigenvalue weighted by Gasteiger charge is -2.06. The van der Waals surface area contributed by atoms with Crippen LogP contribution < -0.4 is 11.1 Å². The van der Waals surface area contributed by atoms with Gasteiger partial charge >= 0.3 is 0 Å². The Balaban J connectivity index is 2.15. The second-order valence-corrected chi connectivity index (χ2v) is 2.49. The molecule has 2 heterocycles. The Bertz CT molecular complexity index is 240. The Kier molecular flexibility index (Phi) is 1.52. The maximum absolute atomic E-state index is 5.49. The van der Waals surface area contributed by atoms with E-state index in [4.69, 9.17) is 10.5 Å². The average molecular weight is 154 g/mol. The normalized spacial score (nSPS) is 24.2. The molecule has 1 aliphatic heterocycles. The first-order chi connectivity index (χ1) is 5.36. The van der Waals surface area contributed by atoms with Crippen LogP contribution in [0.5, 0.6) is 0 Å². The van der Waals surface area contributed by atoms with Crippen LogP contribution in [-0.4, -0.2) is 23.1 Å². The molecule has 5 nitrogen and oxygen atoms in total. The molecule has 5 heteroatoms. The maximum Gasteiger partial charge on any atom is 0.127 e. The van der Waals surface area contributed by atoms with Crippen molar-refractivity contribution in [3.8, 4) is 0 Å². The van der Waals surface area contributed by atoms with Crippen LogP contribution >= 0.6 is 0 Å². The topological polar surface area (TPSA) is 65.1 Å². The lowest BCUT2D eigenvalue weighted by molar-refractivity contribution is 0.182. The van der Waals surface area contributed by atoms with Crippen molar-refractivity contribution in [3.63, 3.8) is 0 Å². The molecule has 11 heavy (non-hydrogen) atoms. The Hall–Kier alpha value is -1.07. The van der Waals surface area contributed by atoms with Crippen molar-refractivity contribution in [3.05, 3.63) is 12.4 Å². The standard InChI is InChI=1S/C6H10N4O/c7-5-1-9-10(2-5)6-3-11-4-8-6/h1-2,6,8H,3-4,7H2. The van der Waals surface area contributed by atoms with E-state index in [2.05, 4.69) is 10.4 Å². The summed E-state index contributed by atoms with van der Waals surface area (Å²) < 4.78 is 6.87. The van der Waals surface area contributed by atoms with Crippen molar-refractivity contribution in [2.75, 3.05) is 19.1 Å². The molecule has 0 aliphatic carbocycles. The second-order valence-electron chi connectivity index (χ2n) is 2.49. The maximum atomic E-state index is 5.49. The van der Waals surface area contributed by atoms with Gasteiger partial charge < -0.3 is 10.5 Å². The van der Waals surface area contributed by atoms with Gasteiger partial charge in [-0.2, -0.15) is 5.10 Å². The molecule has 3 N–H and O–H groups in total. The third kappa shape index (κ3) is 1.20. The first-order valence-electron chi connectivity index (χ1n) is 3.47. The molecule has 0 radical (unpaired) electrons. The van der Waals surface area contributed by atoms with Gasteiger partial charge in [0.2, 0.25) is 0 Å². The first-order valence-corrected chi connectivity index (χ1v) is 3.47. The van der Waals surface area contributed by atoms with Crippen molar-refractivity contribution < 1.29 is 4.74 Å². The molecule has 1 aromatic rings. The van der Waals surface area contributed by atoms with E-state index in [1.54, 1.807) is 17.1 Å². The lowest BCUT2D eigenvalue weighted by Crippen LogP contribution is -2.21. The Labute approximate surface area is 64.1 Å². The quantitative estimate of drug-likeness (QED) is 0.574. The van der Waals surface area contributed by atoms with Gasteiger partial charge in [-0.05, 0) is 0 Å². The van der Waals surface area contributed by atoms with Crippen LogP contribution in [0.4, 0.5) is 5.69 Å². The van der Waals surface area contributed by atoms with Crippen LogP contribution in [0.3, 0.4) is 0 Å². The van der Waals surface area contributed by atoms with Crippen molar-refractivity contribution in [2.45, 2.75) is 6.17 Å². The molecule has 1 saturated heterocycles. The molecule has 1 unspecified atom stereocenters. The van der Waals surface area contributed by atoms with E-state index in [9.17, 15) is 0 Å². The smallest absolute Gasteiger partial charge is 0.127 e. The fourth-order valence-electron chi connectivity index (χ4n) is 1.08. The number of nitrogens with zero attached hydrogens (tertiary/aromatic N) is 2. The van der Waals surface area contributed by atoms with Crippen molar-refractivity contribution in [1.82, 2.24) is 15.1 Å². The number of hydrogen-bond donors (Lipinski definition) is 2. The summed E-state index contributed by atoms with van der Waals surface area (Å²) in [6.45, 7) is 1.24. The van der Waals surface area contributed by atoms with Gasteiger partial charge in [0.05, 0.1) is 25.2 Å². The molecular weight excluding hydrogens is 144 g/mol.